The fourth-order valence-corrected chi connectivity index (χ4v) is 1.27. The molecule has 0 atom stereocenters. The van der Waals surface area contributed by atoms with E-state index in [-0.39, 0.29) is 0 Å². The zero-order valence-electron chi connectivity index (χ0n) is 9.29. The van der Waals surface area contributed by atoms with Gasteiger partial charge in [0.2, 0.25) is 0 Å². The lowest BCUT2D eigenvalue weighted by Gasteiger charge is -2.05. The predicted molar refractivity (Wildman–Crippen MR) is 59.8 cm³/mol. The van der Waals surface area contributed by atoms with E-state index >= 15 is 0 Å². The van der Waals surface area contributed by atoms with Crippen molar-refractivity contribution in [1.29, 1.82) is 0 Å². The number of methoxy groups -OCH3 is 1. The van der Waals surface area contributed by atoms with Crippen molar-refractivity contribution in [2.45, 2.75) is 13.0 Å². The molecule has 0 fully saturated rings. The third-order valence-electron chi connectivity index (χ3n) is 2.06. The van der Waals surface area contributed by atoms with Crippen molar-refractivity contribution >= 4 is 0 Å². The fourth-order valence-electron chi connectivity index (χ4n) is 1.27. The van der Waals surface area contributed by atoms with Gasteiger partial charge >= 0.3 is 0 Å². The molecule has 0 aliphatic carbocycles. The highest BCUT2D eigenvalue weighted by atomic mass is 16.5. The van der Waals surface area contributed by atoms with Gasteiger partial charge in [-0.3, -0.25) is 0 Å². The van der Waals surface area contributed by atoms with E-state index in [0.29, 0.717) is 0 Å². The predicted octanol–water partition coefficient (Wildman–Crippen LogP) is 0.995. The number of hydrogen-bond acceptors (Lipinski definition) is 4. The van der Waals surface area contributed by atoms with E-state index in [1.165, 1.54) is 0 Å². The van der Waals surface area contributed by atoms with Gasteiger partial charge in [-0.25, -0.2) is 0 Å². The Morgan fingerprint density at radius 3 is 2.87 bits per heavy atom. The molecular formula is C11H20N2O2. The maximum Gasteiger partial charge on any atom is 0.117 e. The molecule has 86 valence electrons. The number of ether oxygens (including phenoxy) is 1. The summed E-state index contributed by atoms with van der Waals surface area (Å²) in [5, 5.41) is 6.62. The van der Waals surface area contributed by atoms with Crippen LogP contribution in [0.2, 0.25) is 0 Å². The molecule has 1 heterocycles. The summed E-state index contributed by atoms with van der Waals surface area (Å²) in [4.78, 5) is 0. The fraction of sp³-hybridized carbons (Fsp3) is 0.636. The summed E-state index contributed by atoms with van der Waals surface area (Å²) in [7, 11) is 1.73. The normalized spacial score (nSPS) is 10.7. The molecule has 1 aromatic rings. The number of nitrogens with one attached hydrogen (secondary N) is 2. The zero-order valence-corrected chi connectivity index (χ0v) is 9.29. The average molecular weight is 212 g/mol. The molecule has 0 amide bonds. The Kier molecular flexibility index (Phi) is 6.90. The molecule has 4 heteroatoms. The standard InChI is InChI=1S/C11H20N2O2/c1-14-8-3-5-12-6-7-13-10-11-4-2-9-15-11/h2,4,9,12-13H,3,5-8,10H2,1H3. The maximum absolute atomic E-state index is 5.19. The van der Waals surface area contributed by atoms with Gasteiger partial charge < -0.3 is 19.8 Å². The van der Waals surface area contributed by atoms with Gasteiger partial charge in [0.25, 0.3) is 0 Å². The molecule has 15 heavy (non-hydrogen) atoms. The minimum absolute atomic E-state index is 0.798. The van der Waals surface area contributed by atoms with Gasteiger partial charge in [0, 0.05) is 26.8 Å². The number of hydrogen-bond donors (Lipinski definition) is 2. The summed E-state index contributed by atoms with van der Waals surface area (Å²) >= 11 is 0. The van der Waals surface area contributed by atoms with Crippen LogP contribution in [0.1, 0.15) is 12.2 Å². The van der Waals surface area contributed by atoms with Crippen LogP contribution in [0.3, 0.4) is 0 Å². The summed E-state index contributed by atoms with van der Waals surface area (Å²) in [5.41, 5.74) is 0. The lowest BCUT2D eigenvalue weighted by Crippen LogP contribution is -2.28. The number of furan rings is 1. The Morgan fingerprint density at radius 1 is 1.27 bits per heavy atom. The first-order valence-corrected chi connectivity index (χ1v) is 5.36. The van der Waals surface area contributed by atoms with Crippen molar-refractivity contribution in [1.82, 2.24) is 10.6 Å². The Morgan fingerprint density at radius 2 is 2.13 bits per heavy atom. The second-order valence-electron chi connectivity index (χ2n) is 3.35. The summed E-state index contributed by atoms with van der Waals surface area (Å²) in [6.45, 7) is 4.56. The SMILES string of the molecule is COCCCNCCNCc1ccco1. The van der Waals surface area contributed by atoms with Crippen LogP contribution >= 0.6 is 0 Å². The van der Waals surface area contributed by atoms with E-state index in [9.17, 15) is 0 Å². The minimum Gasteiger partial charge on any atom is -0.468 e. The molecule has 2 N–H and O–H groups in total. The van der Waals surface area contributed by atoms with Crippen molar-refractivity contribution in [3.8, 4) is 0 Å². The number of rotatable bonds is 9. The zero-order chi connectivity index (χ0) is 10.8. The van der Waals surface area contributed by atoms with Gasteiger partial charge in [-0.15, -0.1) is 0 Å². The lowest BCUT2D eigenvalue weighted by molar-refractivity contribution is 0.194. The van der Waals surface area contributed by atoms with Gasteiger partial charge in [0.05, 0.1) is 12.8 Å². The molecule has 0 spiro atoms. The first-order valence-electron chi connectivity index (χ1n) is 5.36. The van der Waals surface area contributed by atoms with E-state index in [1.807, 2.05) is 12.1 Å². The van der Waals surface area contributed by atoms with Gasteiger partial charge in [0.15, 0.2) is 0 Å². The average Bonchev–Trinajstić information content (AvgIpc) is 2.75. The van der Waals surface area contributed by atoms with E-state index in [4.69, 9.17) is 9.15 Å². The summed E-state index contributed by atoms with van der Waals surface area (Å²) in [5.74, 6) is 0.981. The van der Waals surface area contributed by atoms with Gasteiger partial charge in [-0.1, -0.05) is 0 Å². The smallest absolute Gasteiger partial charge is 0.117 e. The highest BCUT2D eigenvalue weighted by Crippen LogP contribution is 1.97. The van der Waals surface area contributed by atoms with Crippen LogP contribution < -0.4 is 10.6 Å². The highest BCUT2D eigenvalue weighted by molar-refractivity contribution is 4.97. The molecular weight excluding hydrogens is 192 g/mol. The largest absolute Gasteiger partial charge is 0.468 e. The van der Waals surface area contributed by atoms with E-state index in [0.717, 1.165) is 45.0 Å². The maximum atomic E-state index is 5.19. The molecule has 0 aliphatic rings. The summed E-state index contributed by atoms with van der Waals surface area (Å²) in [6, 6.07) is 3.87. The Hall–Kier alpha value is -0.840. The van der Waals surface area contributed by atoms with E-state index in [1.54, 1.807) is 13.4 Å². The van der Waals surface area contributed by atoms with Crippen LogP contribution in [0.15, 0.2) is 22.8 Å². The van der Waals surface area contributed by atoms with E-state index in [2.05, 4.69) is 10.6 Å². The minimum atomic E-state index is 0.798. The molecule has 4 nitrogen and oxygen atoms in total. The molecule has 0 aromatic carbocycles. The van der Waals surface area contributed by atoms with Crippen LogP contribution in [-0.4, -0.2) is 33.4 Å². The van der Waals surface area contributed by atoms with Crippen molar-refractivity contribution in [3.05, 3.63) is 24.2 Å². The van der Waals surface area contributed by atoms with Crippen LogP contribution in [0, 0.1) is 0 Å². The third-order valence-corrected chi connectivity index (χ3v) is 2.06. The Balaban J connectivity index is 1.81. The van der Waals surface area contributed by atoms with Gasteiger partial charge in [-0.2, -0.15) is 0 Å². The second kappa shape index (κ2) is 8.47. The van der Waals surface area contributed by atoms with Crippen LogP contribution in [0.4, 0.5) is 0 Å². The first kappa shape index (κ1) is 12.2. The topological polar surface area (TPSA) is 46.4 Å². The van der Waals surface area contributed by atoms with Crippen molar-refractivity contribution in [3.63, 3.8) is 0 Å². The monoisotopic (exact) mass is 212 g/mol. The third kappa shape index (κ3) is 6.28. The molecule has 0 bridgehead atoms. The van der Waals surface area contributed by atoms with Gasteiger partial charge in [-0.05, 0) is 25.1 Å². The summed E-state index contributed by atoms with van der Waals surface area (Å²) < 4.78 is 10.1. The molecule has 1 aromatic heterocycles. The molecule has 0 saturated heterocycles. The Bertz CT molecular complexity index is 225. The van der Waals surface area contributed by atoms with Gasteiger partial charge in [0.1, 0.15) is 5.76 Å². The summed E-state index contributed by atoms with van der Waals surface area (Å²) in [6.07, 6.45) is 2.76. The molecule has 0 unspecified atom stereocenters. The quantitative estimate of drug-likeness (QED) is 0.599. The van der Waals surface area contributed by atoms with Crippen molar-refractivity contribution in [2.75, 3.05) is 33.4 Å². The van der Waals surface area contributed by atoms with E-state index < -0.39 is 0 Å². The highest BCUT2D eigenvalue weighted by Gasteiger charge is 1.93. The van der Waals surface area contributed by atoms with Crippen LogP contribution in [0.25, 0.3) is 0 Å². The van der Waals surface area contributed by atoms with Crippen LogP contribution in [0.5, 0.6) is 0 Å². The first-order chi connectivity index (χ1) is 7.43. The molecule has 1 rings (SSSR count). The van der Waals surface area contributed by atoms with Crippen LogP contribution in [-0.2, 0) is 11.3 Å². The second-order valence-corrected chi connectivity index (χ2v) is 3.35. The molecule has 0 saturated carbocycles. The van der Waals surface area contributed by atoms with Crippen molar-refractivity contribution < 1.29 is 9.15 Å². The lowest BCUT2D eigenvalue weighted by atomic mass is 10.4. The molecule has 0 aliphatic heterocycles. The Labute approximate surface area is 91.0 Å². The molecule has 0 radical (unpaired) electrons. The van der Waals surface area contributed by atoms with Crippen molar-refractivity contribution in [2.24, 2.45) is 0 Å².